The fraction of sp³-hybridized carbons (Fsp3) is 1.00. The van der Waals surface area contributed by atoms with E-state index in [1.54, 1.807) is 0 Å². The van der Waals surface area contributed by atoms with Gasteiger partial charge in [0.05, 0.1) is 0 Å². The molecule has 0 aromatic heterocycles. The lowest BCUT2D eigenvalue weighted by molar-refractivity contribution is 0.378. The molecule has 1 fully saturated rings. The van der Waals surface area contributed by atoms with E-state index < -0.39 is 0 Å². The third-order valence-electron chi connectivity index (χ3n) is 1.64. The van der Waals surface area contributed by atoms with E-state index in [9.17, 15) is 0 Å². The normalized spacial score (nSPS) is 19.4. The molecule has 0 bridgehead atoms. The summed E-state index contributed by atoms with van der Waals surface area (Å²) in [6, 6.07) is 0. The van der Waals surface area contributed by atoms with E-state index in [1.165, 1.54) is 25.9 Å². The van der Waals surface area contributed by atoms with Crippen molar-refractivity contribution in [3.05, 3.63) is 0 Å². The molecule has 0 N–H and O–H groups in total. The molecule has 0 aliphatic carbocycles. The monoisotopic (exact) mass is 200 g/mol. The summed E-state index contributed by atoms with van der Waals surface area (Å²) < 4.78 is 9.79. The van der Waals surface area contributed by atoms with Gasteiger partial charge in [-0.3, -0.25) is 0 Å². The van der Waals surface area contributed by atoms with E-state index in [4.69, 9.17) is 4.12 Å². The van der Waals surface area contributed by atoms with E-state index >= 15 is 0 Å². The highest BCUT2D eigenvalue weighted by Gasteiger charge is 2.11. The second-order valence-electron chi connectivity index (χ2n) is 2.42. The SMILES string of the molecule is [Si]O[Si]O[Si]CN1CCCC1. The molecule has 7 radical (unpaired) electrons. The minimum atomic E-state index is 0.137. The van der Waals surface area contributed by atoms with Gasteiger partial charge >= 0.3 is 10.0 Å². The molecule has 1 aliphatic rings. The van der Waals surface area contributed by atoms with E-state index in [1.807, 2.05) is 0 Å². The van der Waals surface area contributed by atoms with Crippen molar-refractivity contribution in [2.75, 3.05) is 19.3 Å². The molecule has 1 saturated heterocycles. The van der Waals surface area contributed by atoms with Crippen LogP contribution in [0, 0.1) is 0 Å². The molecule has 0 aromatic carbocycles. The van der Waals surface area contributed by atoms with Crippen molar-refractivity contribution in [1.29, 1.82) is 0 Å². The Bertz CT molecular complexity index is 99.7. The first-order valence-electron chi connectivity index (χ1n) is 3.62. The lowest BCUT2D eigenvalue weighted by Crippen LogP contribution is -2.27. The van der Waals surface area contributed by atoms with Crippen LogP contribution in [0.3, 0.4) is 0 Å². The highest BCUT2D eigenvalue weighted by Crippen LogP contribution is 2.05. The maximum Gasteiger partial charge on any atom is 0.409 e. The van der Waals surface area contributed by atoms with Gasteiger partial charge in [0.1, 0.15) is 0 Å². The van der Waals surface area contributed by atoms with Crippen molar-refractivity contribution >= 4 is 30.3 Å². The van der Waals surface area contributed by atoms with Crippen LogP contribution in [-0.4, -0.2) is 54.4 Å². The van der Waals surface area contributed by atoms with Crippen LogP contribution in [0.25, 0.3) is 0 Å². The second-order valence-corrected chi connectivity index (χ2v) is 4.82. The van der Waals surface area contributed by atoms with Gasteiger partial charge in [-0.25, -0.2) is 0 Å². The lowest BCUT2D eigenvalue weighted by atomic mass is 10.4. The van der Waals surface area contributed by atoms with Crippen LogP contribution >= 0.6 is 0 Å². The summed E-state index contributed by atoms with van der Waals surface area (Å²) in [6.45, 7) is 2.49. The topological polar surface area (TPSA) is 21.7 Å². The van der Waals surface area contributed by atoms with Crippen LogP contribution in [0.1, 0.15) is 12.8 Å². The maximum atomic E-state index is 5.19. The van der Waals surface area contributed by atoms with Crippen molar-refractivity contribution in [1.82, 2.24) is 4.90 Å². The van der Waals surface area contributed by atoms with E-state index in [-0.39, 0.29) is 10.0 Å². The molecule has 0 unspecified atom stereocenters. The Kier molecular flexibility index (Phi) is 5.33. The minimum Gasteiger partial charge on any atom is -0.435 e. The largest absolute Gasteiger partial charge is 0.435 e. The Balaban J connectivity index is 1.86. The van der Waals surface area contributed by atoms with Crippen molar-refractivity contribution in [2.45, 2.75) is 12.8 Å². The molecule has 0 amide bonds. The van der Waals surface area contributed by atoms with Crippen LogP contribution in [0.15, 0.2) is 0 Å². The molecule has 59 valence electrons. The zero-order valence-corrected chi connectivity index (χ0v) is 9.30. The number of rotatable bonds is 5. The highest BCUT2D eigenvalue weighted by molar-refractivity contribution is 6.41. The average Bonchev–Trinajstić information content (AvgIpc) is 2.50. The standard InChI is InChI=1S/C5H10NO2Si3/c9-7-11-8-10-5-6-3-1-2-4-6/h1-5H2. The predicted octanol–water partition coefficient (Wildman–Crippen LogP) is -0.690. The van der Waals surface area contributed by atoms with Gasteiger partial charge in [-0.2, -0.15) is 0 Å². The van der Waals surface area contributed by atoms with E-state index in [2.05, 4.69) is 19.5 Å². The molecule has 1 rings (SSSR count). The van der Waals surface area contributed by atoms with Gasteiger partial charge in [-0.1, -0.05) is 0 Å². The van der Waals surface area contributed by atoms with E-state index in [0.29, 0.717) is 9.76 Å². The summed E-state index contributed by atoms with van der Waals surface area (Å²) in [7, 11) is 3.58. The van der Waals surface area contributed by atoms with Gasteiger partial charge in [0.25, 0.3) is 0 Å². The first-order valence-corrected chi connectivity index (χ1v) is 5.96. The van der Waals surface area contributed by atoms with Gasteiger partial charge in [0.15, 0.2) is 0 Å². The van der Waals surface area contributed by atoms with Gasteiger partial charge in [0.2, 0.25) is 20.2 Å². The molecule has 0 atom stereocenters. The molecule has 0 saturated carbocycles. The molecular weight excluding hydrogens is 190 g/mol. The van der Waals surface area contributed by atoms with Crippen molar-refractivity contribution in [3.63, 3.8) is 0 Å². The molecule has 3 nitrogen and oxygen atoms in total. The molecule has 6 heteroatoms. The van der Waals surface area contributed by atoms with Crippen LogP contribution in [0.5, 0.6) is 0 Å². The maximum absolute atomic E-state index is 5.19. The van der Waals surface area contributed by atoms with Crippen molar-refractivity contribution in [2.24, 2.45) is 0 Å². The zero-order valence-electron chi connectivity index (χ0n) is 6.30. The Morgan fingerprint density at radius 3 is 2.73 bits per heavy atom. The van der Waals surface area contributed by atoms with Crippen LogP contribution in [0.2, 0.25) is 0 Å². The summed E-state index contributed by atoms with van der Waals surface area (Å²) >= 11 is 0. The van der Waals surface area contributed by atoms with Gasteiger partial charge in [0, 0.05) is 6.17 Å². The fourth-order valence-electron chi connectivity index (χ4n) is 1.11. The number of likely N-dealkylation sites (tertiary alicyclic amines) is 1. The summed E-state index contributed by atoms with van der Waals surface area (Å²) in [6.07, 6.45) is 3.77. The molecule has 1 heterocycles. The fourth-order valence-corrected chi connectivity index (χ4v) is 2.65. The molecule has 1 aliphatic heterocycles. The van der Waals surface area contributed by atoms with Crippen molar-refractivity contribution < 1.29 is 8.23 Å². The Morgan fingerprint density at radius 1 is 1.36 bits per heavy atom. The summed E-state index contributed by atoms with van der Waals surface area (Å²) in [5, 5.41) is 0. The molecule has 0 spiro atoms. The summed E-state index contributed by atoms with van der Waals surface area (Å²) in [4.78, 5) is 2.43. The summed E-state index contributed by atoms with van der Waals surface area (Å²) in [5.74, 6) is 0. The first kappa shape index (κ1) is 9.62. The molecule has 0 aromatic rings. The van der Waals surface area contributed by atoms with Crippen LogP contribution in [0.4, 0.5) is 0 Å². The van der Waals surface area contributed by atoms with Crippen LogP contribution < -0.4 is 0 Å². The first-order chi connectivity index (χ1) is 5.43. The molecular formula is C5H10NO2Si3. The predicted molar refractivity (Wildman–Crippen MR) is 45.1 cm³/mol. The quantitative estimate of drug-likeness (QED) is 0.433. The average molecular weight is 200 g/mol. The number of nitrogens with zero attached hydrogens (tertiary/aromatic N) is 1. The summed E-state index contributed by atoms with van der Waals surface area (Å²) in [5.41, 5.74) is 0. The van der Waals surface area contributed by atoms with E-state index in [0.717, 1.165) is 6.17 Å². The number of hydrogen-bond donors (Lipinski definition) is 0. The number of hydrogen-bond acceptors (Lipinski definition) is 3. The lowest BCUT2D eigenvalue weighted by Gasteiger charge is -2.12. The Labute approximate surface area is 76.0 Å². The second kappa shape index (κ2) is 6.09. The van der Waals surface area contributed by atoms with Crippen molar-refractivity contribution in [3.8, 4) is 0 Å². The van der Waals surface area contributed by atoms with Gasteiger partial charge in [-0.05, 0) is 25.9 Å². The minimum absolute atomic E-state index is 0.137. The molecule has 11 heavy (non-hydrogen) atoms. The Morgan fingerprint density at radius 2 is 2.09 bits per heavy atom. The Hall–Kier alpha value is 0.531. The smallest absolute Gasteiger partial charge is 0.409 e. The third kappa shape index (κ3) is 4.19. The highest BCUT2D eigenvalue weighted by atomic mass is 28.3. The van der Waals surface area contributed by atoms with Gasteiger partial charge in [-0.15, -0.1) is 0 Å². The zero-order chi connectivity index (χ0) is 7.94. The third-order valence-corrected chi connectivity index (χ3v) is 3.46. The van der Waals surface area contributed by atoms with Gasteiger partial charge < -0.3 is 13.1 Å². The van der Waals surface area contributed by atoms with Crippen LogP contribution in [-0.2, 0) is 8.23 Å².